The van der Waals surface area contributed by atoms with Crippen LogP contribution in [0.4, 0.5) is 4.39 Å². The third kappa shape index (κ3) is 2.90. The molecule has 0 aliphatic carbocycles. The highest BCUT2D eigenvalue weighted by molar-refractivity contribution is 9.10. The lowest BCUT2D eigenvalue weighted by Gasteiger charge is -2.41. The number of nitrogens with zero attached hydrogens (tertiary/aromatic N) is 1. The first kappa shape index (κ1) is 15.5. The van der Waals surface area contributed by atoms with E-state index < -0.39 is 5.82 Å². The molecule has 0 saturated carbocycles. The van der Waals surface area contributed by atoms with Crippen LogP contribution in [0.1, 0.15) is 49.9 Å². The molecule has 20 heavy (non-hydrogen) atoms. The van der Waals surface area contributed by atoms with Gasteiger partial charge >= 0.3 is 0 Å². The standard InChI is InChI=1S/C16H21BrFNO/c1-3-16(4-2)8-10-19(11-9-16)15(20)12-6-5-7-13(17)14(12)18/h5-7H,3-4,8-11H2,1-2H3. The highest BCUT2D eigenvalue weighted by Gasteiger charge is 2.33. The minimum atomic E-state index is -0.458. The van der Waals surface area contributed by atoms with E-state index in [1.807, 2.05) is 0 Å². The molecule has 1 saturated heterocycles. The summed E-state index contributed by atoms with van der Waals surface area (Å²) in [6.07, 6.45) is 4.33. The highest BCUT2D eigenvalue weighted by atomic mass is 79.9. The second-order valence-electron chi connectivity index (χ2n) is 5.60. The van der Waals surface area contributed by atoms with Gasteiger partial charge in [-0.1, -0.05) is 32.8 Å². The minimum Gasteiger partial charge on any atom is -0.339 e. The molecule has 0 aromatic heterocycles. The number of amides is 1. The molecule has 2 nitrogen and oxygen atoms in total. The van der Waals surface area contributed by atoms with E-state index in [0.29, 0.717) is 9.89 Å². The summed E-state index contributed by atoms with van der Waals surface area (Å²) in [5, 5.41) is 0. The van der Waals surface area contributed by atoms with Crippen LogP contribution in [0.15, 0.2) is 22.7 Å². The SMILES string of the molecule is CCC1(CC)CCN(C(=O)c2cccc(Br)c2F)CC1. The molecule has 1 fully saturated rings. The van der Waals surface area contributed by atoms with Gasteiger partial charge in [0.05, 0.1) is 10.0 Å². The van der Waals surface area contributed by atoms with Crippen molar-refractivity contribution in [3.05, 3.63) is 34.1 Å². The van der Waals surface area contributed by atoms with Crippen molar-refractivity contribution in [1.82, 2.24) is 4.90 Å². The molecule has 0 unspecified atom stereocenters. The first-order valence-corrected chi connectivity index (χ1v) is 8.05. The molecule has 2 rings (SSSR count). The summed E-state index contributed by atoms with van der Waals surface area (Å²) in [5.41, 5.74) is 0.534. The number of rotatable bonds is 3. The molecule has 1 amide bonds. The van der Waals surface area contributed by atoms with Crippen molar-refractivity contribution in [1.29, 1.82) is 0 Å². The van der Waals surface area contributed by atoms with Crippen molar-refractivity contribution in [3.8, 4) is 0 Å². The predicted molar refractivity (Wildman–Crippen MR) is 82.3 cm³/mol. The highest BCUT2D eigenvalue weighted by Crippen LogP contribution is 2.38. The van der Waals surface area contributed by atoms with Gasteiger partial charge in [-0.25, -0.2) is 4.39 Å². The number of likely N-dealkylation sites (tertiary alicyclic amines) is 1. The first-order chi connectivity index (χ1) is 9.53. The van der Waals surface area contributed by atoms with Crippen molar-refractivity contribution in [3.63, 3.8) is 0 Å². The van der Waals surface area contributed by atoms with Gasteiger partial charge in [-0.2, -0.15) is 0 Å². The third-order valence-electron chi connectivity index (χ3n) is 4.79. The topological polar surface area (TPSA) is 20.3 Å². The fourth-order valence-corrected chi connectivity index (χ4v) is 3.35. The molecule has 1 aliphatic rings. The van der Waals surface area contributed by atoms with E-state index in [4.69, 9.17) is 0 Å². The van der Waals surface area contributed by atoms with Crippen molar-refractivity contribution in [2.45, 2.75) is 39.5 Å². The summed E-state index contributed by atoms with van der Waals surface area (Å²) in [6, 6.07) is 4.87. The molecule has 1 aliphatic heterocycles. The molecular formula is C16H21BrFNO. The zero-order chi connectivity index (χ0) is 14.8. The lowest BCUT2D eigenvalue weighted by molar-refractivity contribution is 0.0553. The number of carbonyl (C=O) groups is 1. The molecular weight excluding hydrogens is 321 g/mol. The van der Waals surface area contributed by atoms with E-state index in [1.165, 1.54) is 0 Å². The van der Waals surface area contributed by atoms with Gasteiger partial charge in [-0.05, 0) is 46.3 Å². The molecule has 1 aromatic carbocycles. The third-order valence-corrected chi connectivity index (χ3v) is 5.41. The smallest absolute Gasteiger partial charge is 0.256 e. The van der Waals surface area contributed by atoms with Crippen LogP contribution in [0, 0.1) is 11.2 Å². The molecule has 0 spiro atoms. The monoisotopic (exact) mass is 341 g/mol. The van der Waals surface area contributed by atoms with E-state index in [0.717, 1.165) is 38.8 Å². The maximum absolute atomic E-state index is 14.0. The number of hydrogen-bond acceptors (Lipinski definition) is 1. The minimum absolute atomic E-state index is 0.167. The number of halogens is 2. The molecule has 0 N–H and O–H groups in total. The molecule has 4 heteroatoms. The first-order valence-electron chi connectivity index (χ1n) is 7.26. The summed E-state index contributed by atoms with van der Waals surface area (Å²) in [7, 11) is 0. The maximum atomic E-state index is 14.0. The summed E-state index contributed by atoms with van der Waals surface area (Å²) in [4.78, 5) is 14.2. The second kappa shape index (κ2) is 6.25. The van der Waals surface area contributed by atoms with Crippen LogP contribution in [-0.2, 0) is 0 Å². The summed E-state index contributed by atoms with van der Waals surface area (Å²) in [5.74, 6) is -0.648. The van der Waals surface area contributed by atoms with Crippen LogP contribution in [0.5, 0.6) is 0 Å². The normalized spacial score (nSPS) is 18.1. The summed E-state index contributed by atoms with van der Waals surface area (Å²) < 4.78 is 14.3. The van der Waals surface area contributed by atoms with Gasteiger partial charge in [0, 0.05) is 13.1 Å². The Morgan fingerprint density at radius 2 is 1.90 bits per heavy atom. The second-order valence-corrected chi connectivity index (χ2v) is 6.46. The van der Waals surface area contributed by atoms with E-state index in [1.54, 1.807) is 23.1 Å². The van der Waals surface area contributed by atoms with Crippen LogP contribution in [0.3, 0.4) is 0 Å². The fourth-order valence-electron chi connectivity index (χ4n) is 2.98. The molecule has 0 radical (unpaired) electrons. The molecule has 0 atom stereocenters. The predicted octanol–water partition coefficient (Wildman–Crippen LogP) is 4.63. The van der Waals surface area contributed by atoms with Crippen molar-refractivity contribution >= 4 is 21.8 Å². The Hall–Kier alpha value is -0.900. The largest absolute Gasteiger partial charge is 0.339 e. The molecule has 1 heterocycles. The Morgan fingerprint density at radius 3 is 2.45 bits per heavy atom. The summed E-state index contributed by atoms with van der Waals surface area (Å²) in [6.45, 7) is 5.89. The Kier molecular flexibility index (Phi) is 4.84. The van der Waals surface area contributed by atoms with Gasteiger partial charge in [0.2, 0.25) is 0 Å². The van der Waals surface area contributed by atoms with Gasteiger partial charge < -0.3 is 4.90 Å². The van der Waals surface area contributed by atoms with Crippen molar-refractivity contribution in [2.75, 3.05) is 13.1 Å². The summed E-state index contributed by atoms with van der Waals surface area (Å²) >= 11 is 3.13. The van der Waals surface area contributed by atoms with Gasteiger partial charge in [0.25, 0.3) is 5.91 Å². The van der Waals surface area contributed by atoms with E-state index in [2.05, 4.69) is 29.8 Å². The molecule has 1 aromatic rings. The van der Waals surface area contributed by atoms with Crippen LogP contribution >= 0.6 is 15.9 Å². The zero-order valence-corrected chi connectivity index (χ0v) is 13.7. The fraction of sp³-hybridized carbons (Fsp3) is 0.562. The number of carbonyl (C=O) groups excluding carboxylic acids is 1. The Bertz CT molecular complexity index is 489. The van der Waals surface area contributed by atoms with Gasteiger partial charge in [-0.3, -0.25) is 4.79 Å². The van der Waals surface area contributed by atoms with Crippen molar-refractivity contribution < 1.29 is 9.18 Å². The molecule has 110 valence electrons. The quantitative estimate of drug-likeness (QED) is 0.784. The van der Waals surface area contributed by atoms with E-state index >= 15 is 0 Å². The van der Waals surface area contributed by atoms with Gasteiger partial charge in [0.1, 0.15) is 5.82 Å². The zero-order valence-electron chi connectivity index (χ0n) is 12.1. The van der Waals surface area contributed by atoms with E-state index in [9.17, 15) is 9.18 Å². The Labute approximate surface area is 128 Å². The average Bonchev–Trinajstić information content (AvgIpc) is 2.49. The van der Waals surface area contributed by atoms with Crippen LogP contribution in [-0.4, -0.2) is 23.9 Å². The maximum Gasteiger partial charge on any atom is 0.256 e. The number of hydrogen-bond donors (Lipinski definition) is 0. The van der Waals surface area contributed by atoms with E-state index in [-0.39, 0.29) is 11.5 Å². The van der Waals surface area contributed by atoms with Crippen LogP contribution < -0.4 is 0 Å². The van der Waals surface area contributed by atoms with Gasteiger partial charge in [-0.15, -0.1) is 0 Å². The Morgan fingerprint density at radius 1 is 1.30 bits per heavy atom. The molecule has 0 bridgehead atoms. The average molecular weight is 342 g/mol. The lowest BCUT2D eigenvalue weighted by Crippen LogP contribution is -2.43. The number of benzene rings is 1. The lowest BCUT2D eigenvalue weighted by atomic mass is 9.74. The van der Waals surface area contributed by atoms with Crippen LogP contribution in [0.2, 0.25) is 0 Å². The van der Waals surface area contributed by atoms with Crippen molar-refractivity contribution in [2.24, 2.45) is 5.41 Å². The number of piperidine rings is 1. The van der Waals surface area contributed by atoms with Gasteiger partial charge in [0.15, 0.2) is 0 Å². The Balaban J connectivity index is 2.11. The van der Waals surface area contributed by atoms with Crippen LogP contribution in [0.25, 0.3) is 0 Å².